The molecule has 0 aromatic heterocycles. The van der Waals surface area contributed by atoms with Crippen LogP contribution in [0.15, 0.2) is 42.5 Å². The molecule has 0 aliphatic carbocycles. The van der Waals surface area contributed by atoms with Gasteiger partial charge in [0.05, 0.1) is 5.56 Å². The minimum atomic E-state index is -4.32. The molecule has 0 spiro atoms. The van der Waals surface area contributed by atoms with Crippen LogP contribution in [0.1, 0.15) is 22.3 Å². The van der Waals surface area contributed by atoms with Crippen LogP contribution in [-0.4, -0.2) is 0 Å². The molecule has 0 saturated heterocycles. The summed E-state index contributed by atoms with van der Waals surface area (Å²) in [6.07, 6.45) is -4.32. The molecular formula is C16H16F3N. The molecule has 1 N–H and O–H groups in total. The van der Waals surface area contributed by atoms with E-state index in [4.69, 9.17) is 0 Å². The van der Waals surface area contributed by atoms with Crippen LogP contribution in [0.25, 0.3) is 0 Å². The molecule has 2 aromatic rings. The lowest BCUT2D eigenvalue weighted by atomic mass is 10.1. The highest BCUT2D eigenvalue weighted by Crippen LogP contribution is 2.32. The summed E-state index contributed by atoms with van der Waals surface area (Å²) in [6.45, 7) is 4.07. The third-order valence-electron chi connectivity index (χ3n) is 3.17. The molecule has 1 nitrogen and oxygen atoms in total. The predicted octanol–water partition coefficient (Wildman–Crippen LogP) is 4.93. The summed E-state index contributed by atoms with van der Waals surface area (Å²) in [5, 5.41) is 3.07. The fraction of sp³-hybridized carbons (Fsp3) is 0.250. The molecule has 0 fully saturated rings. The van der Waals surface area contributed by atoms with Crippen LogP contribution < -0.4 is 5.32 Å². The molecule has 0 amide bonds. The van der Waals surface area contributed by atoms with E-state index in [2.05, 4.69) is 5.32 Å². The molecule has 0 bridgehead atoms. The Hall–Kier alpha value is -1.97. The number of halogens is 3. The van der Waals surface area contributed by atoms with Gasteiger partial charge < -0.3 is 5.32 Å². The molecule has 0 aliphatic rings. The van der Waals surface area contributed by atoms with Gasteiger partial charge in [0.2, 0.25) is 0 Å². The van der Waals surface area contributed by atoms with Crippen molar-refractivity contribution >= 4 is 5.69 Å². The van der Waals surface area contributed by atoms with E-state index in [1.807, 2.05) is 32.0 Å². The summed E-state index contributed by atoms with van der Waals surface area (Å²) in [7, 11) is 0. The van der Waals surface area contributed by atoms with Gasteiger partial charge in [0.15, 0.2) is 0 Å². The molecule has 0 saturated carbocycles. The average molecular weight is 279 g/mol. The largest absolute Gasteiger partial charge is 0.416 e. The first-order valence-corrected chi connectivity index (χ1v) is 6.34. The van der Waals surface area contributed by atoms with E-state index in [-0.39, 0.29) is 12.1 Å². The Kier molecular flexibility index (Phi) is 4.02. The summed E-state index contributed by atoms with van der Waals surface area (Å²) in [4.78, 5) is 0. The molecule has 106 valence electrons. The summed E-state index contributed by atoms with van der Waals surface area (Å²) < 4.78 is 38.6. The Morgan fingerprint density at radius 1 is 1.00 bits per heavy atom. The molecule has 0 unspecified atom stereocenters. The van der Waals surface area contributed by atoms with Gasteiger partial charge in [-0.05, 0) is 37.1 Å². The highest BCUT2D eigenvalue weighted by Gasteiger charge is 2.32. The van der Waals surface area contributed by atoms with Crippen LogP contribution >= 0.6 is 0 Å². The van der Waals surface area contributed by atoms with Crippen molar-refractivity contribution in [2.24, 2.45) is 0 Å². The van der Waals surface area contributed by atoms with Gasteiger partial charge in [0.25, 0.3) is 0 Å². The zero-order valence-corrected chi connectivity index (χ0v) is 11.4. The van der Waals surface area contributed by atoms with Gasteiger partial charge in [0.1, 0.15) is 0 Å². The third-order valence-corrected chi connectivity index (χ3v) is 3.17. The summed E-state index contributed by atoms with van der Waals surface area (Å²) in [5.41, 5.74) is 2.67. The fourth-order valence-electron chi connectivity index (χ4n) is 2.15. The quantitative estimate of drug-likeness (QED) is 0.839. The van der Waals surface area contributed by atoms with Gasteiger partial charge >= 0.3 is 6.18 Å². The summed E-state index contributed by atoms with van der Waals surface area (Å²) in [6, 6.07) is 11.5. The van der Waals surface area contributed by atoms with Gasteiger partial charge in [-0.25, -0.2) is 0 Å². The Bertz CT molecular complexity index is 603. The van der Waals surface area contributed by atoms with E-state index in [9.17, 15) is 13.2 Å². The van der Waals surface area contributed by atoms with E-state index in [1.54, 1.807) is 6.07 Å². The monoisotopic (exact) mass is 279 g/mol. The topological polar surface area (TPSA) is 12.0 Å². The number of nitrogens with one attached hydrogen (secondary N) is 1. The molecule has 2 rings (SSSR count). The van der Waals surface area contributed by atoms with Crippen LogP contribution in [0.4, 0.5) is 18.9 Å². The Labute approximate surface area is 116 Å². The van der Waals surface area contributed by atoms with Crippen LogP contribution in [0, 0.1) is 13.8 Å². The molecular weight excluding hydrogens is 263 g/mol. The molecule has 0 heterocycles. The molecule has 0 radical (unpaired) electrons. The lowest BCUT2D eigenvalue weighted by Gasteiger charge is -2.15. The zero-order chi connectivity index (χ0) is 14.8. The molecule has 20 heavy (non-hydrogen) atoms. The highest BCUT2D eigenvalue weighted by atomic mass is 19.4. The van der Waals surface area contributed by atoms with Gasteiger partial charge in [-0.15, -0.1) is 0 Å². The maximum absolute atomic E-state index is 12.9. The number of aryl methyl sites for hydroxylation is 2. The van der Waals surface area contributed by atoms with E-state index >= 15 is 0 Å². The summed E-state index contributed by atoms with van der Waals surface area (Å²) >= 11 is 0. The van der Waals surface area contributed by atoms with Gasteiger partial charge in [-0.2, -0.15) is 13.2 Å². The maximum Gasteiger partial charge on any atom is 0.416 e. The minimum absolute atomic E-state index is 0.152. The Balaban J connectivity index is 2.19. The van der Waals surface area contributed by atoms with Crippen molar-refractivity contribution in [1.82, 2.24) is 0 Å². The lowest BCUT2D eigenvalue weighted by Crippen LogP contribution is -2.12. The second-order valence-electron chi connectivity index (χ2n) is 4.83. The van der Waals surface area contributed by atoms with Crippen molar-refractivity contribution in [3.63, 3.8) is 0 Å². The second kappa shape index (κ2) is 5.57. The van der Waals surface area contributed by atoms with Gasteiger partial charge in [-0.3, -0.25) is 0 Å². The van der Waals surface area contributed by atoms with Gasteiger partial charge in [-0.1, -0.05) is 35.9 Å². The van der Waals surface area contributed by atoms with Crippen molar-refractivity contribution in [2.45, 2.75) is 26.6 Å². The first kappa shape index (κ1) is 14.4. The maximum atomic E-state index is 12.9. The molecule has 0 atom stereocenters. The molecule has 2 aromatic carbocycles. The Morgan fingerprint density at radius 2 is 1.70 bits per heavy atom. The SMILES string of the molecule is Cc1ccc(NCc2ccccc2C(F)(F)F)c(C)c1. The van der Waals surface area contributed by atoms with Crippen LogP contribution in [0.2, 0.25) is 0 Å². The van der Waals surface area contributed by atoms with Crippen molar-refractivity contribution in [1.29, 1.82) is 0 Å². The first-order chi connectivity index (χ1) is 9.38. The zero-order valence-electron chi connectivity index (χ0n) is 11.4. The normalized spacial score (nSPS) is 11.4. The van der Waals surface area contributed by atoms with E-state index in [0.29, 0.717) is 0 Å². The van der Waals surface area contributed by atoms with E-state index in [1.165, 1.54) is 12.1 Å². The second-order valence-corrected chi connectivity index (χ2v) is 4.83. The number of alkyl halides is 3. The predicted molar refractivity (Wildman–Crippen MR) is 74.7 cm³/mol. The van der Waals surface area contributed by atoms with Crippen molar-refractivity contribution in [3.8, 4) is 0 Å². The van der Waals surface area contributed by atoms with E-state index < -0.39 is 11.7 Å². The number of hydrogen-bond acceptors (Lipinski definition) is 1. The van der Waals surface area contributed by atoms with Crippen LogP contribution in [-0.2, 0) is 12.7 Å². The molecule has 4 heteroatoms. The number of benzene rings is 2. The van der Waals surface area contributed by atoms with Crippen molar-refractivity contribution in [2.75, 3.05) is 5.32 Å². The first-order valence-electron chi connectivity index (χ1n) is 6.34. The summed E-state index contributed by atoms with van der Waals surface area (Å²) in [5.74, 6) is 0. The van der Waals surface area contributed by atoms with Gasteiger partial charge in [0, 0.05) is 12.2 Å². The molecule has 0 aliphatic heterocycles. The standard InChI is InChI=1S/C16H16F3N/c1-11-7-8-15(12(2)9-11)20-10-13-5-3-4-6-14(13)16(17,18)19/h3-9,20H,10H2,1-2H3. The number of anilines is 1. The van der Waals surface area contributed by atoms with Crippen LogP contribution in [0.5, 0.6) is 0 Å². The highest BCUT2D eigenvalue weighted by molar-refractivity contribution is 5.52. The fourth-order valence-corrected chi connectivity index (χ4v) is 2.15. The minimum Gasteiger partial charge on any atom is -0.381 e. The average Bonchev–Trinajstić information content (AvgIpc) is 2.37. The Morgan fingerprint density at radius 3 is 2.35 bits per heavy atom. The van der Waals surface area contributed by atoms with Crippen molar-refractivity contribution in [3.05, 3.63) is 64.7 Å². The smallest absolute Gasteiger partial charge is 0.381 e. The lowest BCUT2D eigenvalue weighted by molar-refractivity contribution is -0.138. The van der Waals surface area contributed by atoms with E-state index in [0.717, 1.165) is 22.9 Å². The van der Waals surface area contributed by atoms with Crippen LogP contribution in [0.3, 0.4) is 0 Å². The number of rotatable bonds is 3. The van der Waals surface area contributed by atoms with Crippen molar-refractivity contribution < 1.29 is 13.2 Å². The third kappa shape index (κ3) is 3.32. The number of hydrogen-bond donors (Lipinski definition) is 1.